The maximum Gasteiger partial charge on any atom is 0.117 e. The summed E-state index contributed by atoms with van der Waals surface area (Å²) in [6, 6.07) is 2.03. The molecule has 1 aliphatic carbocycles. The Hall–Kier alpha value is -2.03. The lowest BCUT2D eigenvalue weighted by atomic mass is 10.0. The van der Waals surface area contributed by atoms with Gasteiger partial charge < -0.3 is 10.1 Å². The van der Waals surface area contributed by atoms with Crippen molar-refractivity contribution < 1.29 is 5.11 Å². The topological polar surface area (TPSA) is 48.9 Å². The second-order valence-corrected chi connectivity index (χ2v) is 4.57. The Morgan fingerprint density at radius 2 is 2.12 bits per heavy atom. The van der Waals surface area contributed by atoms with E-state index >= 15 is 0 Å². The van der Waals surface area contributed by atoms with Gasteiger partial charge >= 0.3 is 0 Å². The summed E-state index contributed by atoms with van der Waals surface area (Å²) in [5.74, 6) is 0.304. The predicted octanol–water partition coefficient (Wildman–Crippen LogP) is 3.27. The molecule has 0 amide bonds. The molecule has 2 heterocycles. The van der Waals surface area contributed by atoms with Gasteiger partial charge in [0, 0.05) is 23.4 Å². The number of hydrogen-bond acceptors (Lipinski definition) is 2. The molecule has 0 radical (unpaired) electrons. The standard InChI is InChI=1S/C14H14N2O/c1-8-5-10(17)7-13-12(6-8)11-3-4-15-9(2)14(11)16-13/h3-5,7,16-17H,6H2,1-2H3. The number of aromatic amines is 1. The van der Waals surface area contributed by atoms with Gasteiger partial charge in [-0.1, -0.05) is 5.57 Å². The molecule has 0 saturated heterocycles. The first kappa shape index (κ1) is 10.1. The molecule has 3 nitrogen and oxygen atoms in total. The van der Waals surface area contributed by atoms with Gasteiger partial charge in [-0.15, -0.1) is 0 Å². The first-order valence-corrected chi connectivity index (χ1v) is 5.69. The Bertz CT molecular complexity index is 662. The lowest BCUT2D eigenvalue weighted by Gasteiger charge is -2.00. The minimum Gasteiger partial charge on any atom is -0.508 e. The molecule has 1 aliphatic rings. The van der Waals surface area contributed by atoms with Crippen LogP contribution < -0.4 is 0 Å². The normalized spacial score (nSPS) is 15.2. The molecule has 0 unspecified atom stereocenters. The number of aromatic nitrogens is 2. The van der Waals surface area contributed by atoms with Crippen LogP contribution in [0.2, 0.25) is 0 Å². The number of aryl methyl sites for hydroxylation is 1. The molecule has 0 aromatic carbocycles. The summed E-state index contributed by atoms with van der Waals surface area (Å²) in [7, 11) is 0. The molecule has 0 spiro atoms. The monoisotopic (exact) mass is 226 g/mol. The van der Waals surface area contributed by atoms with Gasteiger partial charge in [0.15, 0.2) is 0 Å². The molecule has 17 heavy (non-hydrogen) atoms. The molecule has 0 saturated carbocycles. The van der Waals surface area contributed by atoms with Gasteiger partial charge in [-0.3, -0.25) is 4.98 Å². The number of aliphatic hydroxyl groups is 1. The number of allylic oxidation sites excluding steroid dienone is 2. The predicted molar refractivity (Wildman–Crippen MR) is 68.9 cm³/mol. The van der Waals surface area contributed by atoms with Crippen LogP contribution in [-0.4, -0.2) is 15.1 Å². The summed E-state index contributed by atoms with van der Waals surface area (Å²) in [5.41, 5.74) is 5.44. The molecule has 3 heteroatoms. The summed E-state index contributed by atoms with van der Waals surface area (Å²) in [5, 5.41) is 11.0. The van der Waals surface area contributed by atoms with Gasteiger partial charge in [-0.2, -0.15) is 0 Å². The van der Waals surface area contributed by atoms with Crippen molar-refractivity contribution in [3.05, 3.63) is 46.6 Å². The summed E-state index contributed by atoms with van der Waals surface area (Å²) in [4.78, 5) is 7.63. The van der Waals surface area contributed by atoms with Gasteiger partial charge in [0.05, 0.1) is 11.2 Å². The fraction of sp³-hybridized carbons (Fsp3) is 0.214. The highest BCUT2D eigenvalue weighted by molar-refractivity contribution is 5.89. The Morgan fingerprint density at radius 3 is 2.94 bits per heavy atom. The van der Waals surface area contributed by atoms with E-state index in [1.807, 2.05) is 32.2 Å². The van der Waals surface area contributed by atoms with Crippen LogP contribution in [0.15, 0.2) is 29.7 Å². The fourth-order valence-electron chi connectivity index (χ4n) is 2.42. The number of H-pyrrole nitrogens is 1. The quantitative estimate of drug-likeness (QED) is 0.724. The Kier molecular flexibility index (Phi) is 2.08. The van der Waals surface area contributed by atoms with Crippen LogP contribution in [-0.2, 0) is 6.42 Å². The number of hydrogen-bond donors (Lipinski definition) is 2. The van der Waals surface area contributed by atoms with E-state index in [1.165, 1.54) is 10.9 Å². The van der Waals surface area contributed by atoms with Gasteiger partial charge in [0.2, 0.25) is 0 Å². The highest BCUT2D eigenvalue weighted by Gasteiger charge is 2.14. The van der Waals surface area contributed by atoms with Crippen molar-refractivity contribution in [3.8, 4) is 0 Å². The van der Waals surface area contributed by atoms with E-state index in [2.05, 4.69) is 9.97 Å². The largest absolute Gasteiger partial charge is 0.508 e. The van der Waals surface area contributed by atoms with Gasteiger partial charge in [0.1, 0.15) is 5.76 Å². The molecular weight excluding hydrogens is 212 g/mol. The molecule has 3 rings (SSSR count). The van der Waals surface area contributed by atoms with Crippen LogP contribution in [0.4, 0.5) is 0 Å². The van der Waals surface area contributed by atoms with Crippen molar-refractivity contribution in [1.82, 2.24) is 9.97 Å². The third kappa shape index (κ3) is 1.55. The van der Waals surface area contributed by atoms with E-state index in [9.17, 15) is 5.11 Å². The van der Waals surface area contributed by atoms with Crippen LogP contribution in [0, 0.1) is 6.92 Å². The first-order chi connectivity index (χ1) is 8.15. The molecule has 2 N–H and O–H groups in total. The molecular formula is C14H14N2O. The van der Waals surface area contributed by atoms with Crippen LogP contribution in [0.5, 0.6) is 0 Å². The number of nitrogens with one attached hydrogen (secondary N) is 1. The minimum atomic E-state index is 0.304. The summed E-state index contributed by atoms with van der Waals surface area (Å²) in [6.45, 7) is 4.02. The van der Waals surface area contributed by atoms with E-state index in [0.29, 0.717) is 5.76 Å². The summed E-state index contributed by atoms with van der Waals surface area (Å²) < 4.78 is 0. The lowest BCUT2D eigenvalue weighted by molar-refractivity contribution is 0.437. The SMILES string of the molecule is CC1=CC(O)=Cc2[nH]c3c(C)nccc3c2C1. The van der Waals surface area contributed by atoms with Gasteiger partial charge in [-0.05, 0) is 38.0 Å². The van der Waals surface area contributed by atoms with E-state index in [1.54, 1.807) is 6.08 Å². The summed E-state index contributed by atoms with van der Waals surface area (Å²) in [6.07, 6.45) is 6.29. The zero-order chi connectivity index (χ0) is 12.0. The van der Waals surface area contributed by atoms with Gasteiger partial charge in [-0.25, -0.2) is 0 Å². The Labute approximate surface area is 99.5 Å². The van der Waals surface area contributed by atoms with Gasteiger partial charge in [0.25, 0.3) is 0 Å². The number of fused-ring (bicyclic) bond motifs is 3. The highest BCUT2D eigenvalue weighted by Crippen LogP contribution is 2.29. The fourth-order valence-corrected chi connectivity index (χ4v) is 2.42. The average molecular weight is 226 g/mol. The Morgan fingerprint density at radius 1 is 1.29 bits per heavy atom. The first-order valence-electron chi connectivity index (χ1n) is 5.69. The lowest BCUT2D eigenvalue weighted by Crippen LogP contribution is -1.87. The molecule has 0 fully saturated rings. The van der Waals surface area contributed by atoms with Crippen LogP contribution in [0.25, 0.3) is 17.0 Å². The zero-order valence-electron chi connectivity index (χ0n) is 9.91. The van der Waals surface area contributed by atoms with Crippen molar-refractivity contribution in [2.24, 2.45) is 0 Å². The average Bonchev–Trinajstić information content (AvgIpc) is 2.52. The third-order valence-corrected chi connectivity index (χ3v) is 3.19. The zero-order valence-corrected chi connectivity index (χ0v) is 9.91. The smallest absolute Gasteiger partial charge is 0.117 e. The Balaban J connectivity index is 2.35. The molecule has 0 aliphatic heterocycles. The van der Waals surface area contributed by atoms with E-state index < -0.39 is 0 Å². The molecule has 0 atom stereocenters. The number of pyridine rings is 1. The maximum atomic E-state index is 9.75. The van der Waals surface area contributed by atoms with E-state index in [4.69, 9.17) is 0 Å². The second-order valence-electron chi connectivity index (χ2n) is 4.57. The van der Waals surface area contributed by atoms with Crippen molar-refractivity contribution in [1.29, 1.82) is 0 Å². The van der Waals surface area contributed by atoms with Crippen molar-refractivity contribution in [2.75, 3.05) is 0 Å². The van der Waals surface area contributed by atoms with Crippen LogP contribution >= 0.6 is 0 Å². The maximum absolute atomic E-state index is 9.75. The van der Waals surface area contributed by atoms with Crippen molar-refractivity contribution >= 4 is 17.0 Å². The second kappa shape index (κ2) is 3.48. The molecule has 2 aromatic heterocycles. The highest BCUT2D eigenvalue weighted by atomic mass is 16.3. The van der Waals surface area contributed by atoms with E-state index in [-0.39, 0.29) is 0 Å². The van der Waals surface area contributed by atoms with Crippen LogP contribution in [0.1, 0.15) is 23.9 Å². The molecule has 0 bridgehead atoms. The number of rotatable bonds is 0. The minimum absolute atomic E-state index is 0.304. The third-order valence-electron chi connectivity index (χ3n) is 3.19. The number of aliphatic hydroxyl groups excluding tert-OH is 1. The number of nitrogens with zero attached hydrogens (tertiary/aromatic N) is 1. The van der Waals surface area contributed by atoms with Crippen molar-refractivity contribution in [3.63, 3.8) is 0 Å². The van der Waals surface area contributed by atoms with E-state index in [0.717, 1.165) is 28.9 Å². The summed E-state index contributed by atoms with van der Waals surface area (Å²) >= 11 is 0. The van der Waals surface area contributed by atoms with Crippen LogP contribution in [0.3, 0.4) is 0 Å². The molecule has 2 aromatic rings. The molecule has 86 valence electrons. The van der Waals surface area contributed by atoms with Crippen molar-refractivity contribution in [2.45, 2.75) is 20.3 Å².